The lowest BCUT2D eigenvalue weighted by atomic mass is 10.2. The summed E-state index contributed by atoms with van der Waals surface area (Å²) < 4.78 is 0. The first-order valence-electron chi connectivity index (χ1n) is 6.50. The molecule has 111 valence electrons. The first kappa shape index (κ1) is 15.2. The van der Waals surface area contributed by atoms with Gasteiger partial charge >= 0.3 is 6.03 Å². The highest BCUT2D eigenvalue weighted by atomic mass is 16.2. The molecule has 0 aromatic heterocycles. The van der Waals surface area contributed by atoms with Crippen molar-refractivity contribution in [3.05, 3.63) is 66.7 Å². The molecule has 1 radical (unpaired) electrons. The summed E-state index contributed by atoms with van der Waals surface area (Å²) in [6.07, 6.45) is 0.479. The molecule has 3 amide bonds. The van der Waals surface area contributed by atoms with Crippen LogP contribution in [0.15, 0.2) is 54.6 Å². The molecule has 0 unspecified atom stereocenters. The monoisotopic (exact) mass is 296 g/mol. The van der Waals surface area contributed by atoms with Crippen molar-refractivity contribution in [1.82, 2.24) is 5.32 Å². The Labute approximate surface area is 127 Å². The summed E-state index contributed by atoms with van der Waals surface area (Å²) in [4.78, 5) is 33.8. The number of amides is 3. The molecule has 0 aliphatic carbocycles. The van der Waals surface area contributed by atoms with E-state index >= 15 is 0 Å². The summed E-state index contributed by atoms with van der Waals surface area (Å²) >= 11 is 0. The van der Waals surface area contributed by atoms with Crippen LogP contribution in [0.3, 0.4) is 0 Å². The highest BCUT2D eigenvalue weighted by Crippen LogP contribution is 2.12. The van der Waals surface area contributed by atoms with Crippen LogP contribution in [0.2, 0.25) is 0 Å². The van der Waals surface area contributed by atoms with Gasteiger partial charge in [0.2, 0.25) is 0 Å². The van der Waals surface area contributed by atoms with Gasteiger partial charge in [-0.15, -0.1) is 0 Å². The molecule has 6 heteroatoms. The predicted octanol–water partition coefficient (Wildman–Crippen LogP) is 2.42. The van der Waals surface area contributed by atoms with Crippen molar-refractivity contribution in [1.29, 1.82) is 0 Å². The number of carbonyl (C=O) groups excluding carboxylic acids is 3. The van der Waals surface area contributed by atoms with E-state index in [1.165, 1.54) is 6.07 Å². The lowest BCUT2D eigenvalue weighted by Crippen LogP contribution is -2.22. The number of anilines is 2. The average molecular weight is 296 g/mol. The third-order valence-electron chi connectivity index (χ3n) is 2.70. The van der Waals surface area contributed by atoms with Gasteiger partial charge in [0.15, 0.2) is 0 Å². The summed E-state index contributed by atoms with van der Waals surface area (Å²) in [5, 5.41) is 7.61. The Morgan fingerprint density at radius 1 is 0.864 bits per heavy atom. The maximum atomic E-state index is 11.9. The van der Waals surface area contributed by atoms with Gasteiger partial charge in [0.1, 0.15) is 12.8 Å². The summed E-state index contributed by atoms with van der Waals surface area (Å²) in [5.74, 6) is -0.431. The molecule has 0 saturated carbocycles. The van der Waals surface area contributed by atoms with Crippen LogP contribution >= 0.6 is 0 Å². The van der Waals surface area contributed by atoms with Crippen molar-refractivity contribution in [2.45, 2.75) is 0 Å². The minimum absolute atomic E-state index is 0.329. The molecule has 0 atom stereocenters. The Morgan fingerprint density at radius 3 is 2.27 bits per heavy atom. The quantitative estimate of drug-likeness (QED) is 0.740. The lowest BCUT2D eigenvalue weighted by molar-refractivity contribution is -0.105. The fraction of sp³-hybridized carbons (Fsp3) is 0. The van der Waals surface area contributed by atoms with E-state index in [1.807, 2.05) is 18.2 Å². The van der Waals surface area contributed by atoms with Gasteiger partial charge in [0, 0.05) is 16.9 Å². The van der Waals surface area contributed by atoms with E-state index in [0.29, 0.717) is 23.2 Å². The van der Waals surface area contributed by atoms with E-state index in [0.717, 1.165) is 6.54 Å². The van der Waals surface area contributed by atoms with Gasteiger partial charge in [-0.2, -0.15) is 0 Å². The number of nitrogens with one attached hydrogen (secondary N) is 3. The molecule has 2 aromatic rings. The lowest BCUT2D eigenvalue weighted by Gasteiger charge is -2.09. The first-order chi connectivity index (χ1) is 10.7. The van der Waals surface area contributed by atoms with E-state index in [1.54, 1.807) is 30.3 Å². The van der Waals surface area contributed by atoms with Crippen LogP contribution in [0, 0.1) is 6.54 Å². The van der Waals surface area contributed by atoms with Crippen LogP contribution in [-0.2, 0) is 4.79 Å². The SMILES string of the molecule is O=C[CH]NC(=O)c1cccc(NC(=O)Nc2ccccc2)c1. The molecule has 0 heterocycles. The molecule has 6 nitrogen and oxygen atoms in total. The zero-order chi connectivity index (χ0) is 15.8. The van der Waals surface area contributed by atoms with Crippen LogP contribution in [0.25, 0.3) is 0 Å². The van der Waals surface area contributed by atoms with Crippen molar-refractivity contribution in [3.63, 3.8) is 0 Å². The van der Waals surface area contributed by atoms with Gasteiger partial charge in [-0.25, -0.2) is 4.79 Å². The molecule has 0 aliphatic heterocycles. The minimum atomic E-state index is -0.431. The second-order valence-electron chi connectivity index (χ2n) is 4.30. The highest BCUT2D eigenvalue weighted by molar-refractivity contribution is 6.01. The molecule has 0 spiro atoms. The third-order valence-corrected chi connectivity index (χ3v) is 2.70. The average Bonchev–Trinajstić information content (AvgIpc) is 2.53. The minimum Gasteiger partial charge on any atom is -0.340 e. The Bertz CT molecular complexity index is 671. The molecule has 0 bridgehead atoms. The maximum Gasteiger partial charge on any atom is 0.323 e. The van der Waals surface area contributed by atoms with E-state index in [4.69, 9.17) is 0 Å². The molecule has 0 saturated heterocycles. The fourth-order valence-corrected chi connectivity index (χ4v) is 1.75. The number of rotatable bonds is 5. The smallest absolute Gasteiger partial charge is 0.323 e. The van der Waals surface area contributed by atoms with Gasteiger partial charge in [0.25, 0.3) is 5.91 Å². The van der Waals surface area contributed by atoms with E-state index in [-0.39, 0.29) is 0 Å². The second kappa shape index (κ2) is 7.58. The third kappa shape index (κ3) is 4.45. The van der Waals surface area contributed by atoms with Crippen molar-refractivity contribution in [2.24, 2.45) is 0 Å². The van der Waals surface area contributed by atoms with Crippen molar-refractivity contribution in [3.8, 4) is 0 Å². The summed E-state index contributed by atoms with van der Waals surface area (Å²) in [6, 6.07) is 15.0. The molecule has 2 aromatic carbocycles. The normalized spacial score (nSPS) is 9.64. The van der Waals surface area contributed by atoms with E-state index in [9.17, 15) is 14.4 Å². The van der Waals surface area contributed by atoms with Crippen LogP contribution in [0.5, 0.6) is 0 Å². The molecule has 0 fully saturated rings. The Morgan fingerprint density at radius 2 is 1.55 bits per heavy atom. The summed E-state index contributed by atoms with van der Waals surface area (Å²) in [5.41, 5.74) is 1.46. The number of carbonyl (C=O) groups is 3. The number of hydrogen-bond acceptors (Lipinski definition) is 3. The van der Waals surface area contributed by atoms with Gasteiger partial charge in [-0.05, 0) is 30.3 Å². The molecule has 0 aliphatic rings. The Hall–Kier alpha value is -3.15. The Balaban J connectivity index is 1.99. The maximum absolute atomic E-state index is 11.9. The van der Waals surface area contributed by atoms with E-state index in [2.05, 4.69) is 16.0 Å². The van der Waals surface area contributed by atoms with Crippen LogP contribution in [0.1, 0.15) is 10.4 Å². The molecular formula is C16H14N3O3. The topological polar surface area (TPSA) is 87.3 Å². The molecule has 3 N–H and O–H groups in total. The molecule has 2 rings (SSSR count). The number of benzene rings is 2. The van der Waals surface area contributed by atoms with Crippen molar-refractivity contribution < 1.29 is 14.4 Å². The van der Waals surface area contributed by atoms with Gasteiger partial charge < -0.3 is 20.7 Å². The standard InChI is InChI=1S/C16H14N3O3/c20-10-9-17-15(21)12-5-4-8-14(11-12)19-16(22)18-13-6-2-1-3-7-13/h1-11H,(H,17,21)(H2,18,19,22). The number of hydrogen-bond donors (Lipinski definition) is 3. The fourth-order valence-electron chi connectivity index (χ4n) is 1.75. The second-order valence-corrected chi connectivity index (χ2v) is 4.30. The summed E-state index contributed by atoms with van der Waals surface area (Å²) in [7, 11) is 0. The predicted molar refractivity (Wildman–Crippen MR) is 83.4 cm³/mol. The summed E-state index contributed by atoms with van der Waals surface area (Å²) in [6.45, 7) is 1.00. The van der Waals surface area contributed by atoms with Crippen molar-refractivity contribution in [2.75, 3.05) is 10.6 Å². The van der Waals surface area contributed by atoms with Gasteiger partial charge in [-0.3, -0.25) is 4.79 Å². The number of para-hydroxylation sites is 1. The highest BCUT2D eigenvalue weighted by Gasteiger charge is 2.07. The first-order valence-corrected chi connectivity index (χ1v) is 6.50. The van der Waals surface area contributed by atoms with Gasteiger partial charge in [-0.1, -0.05) is 24.3 Å². The van der Waals surface area contributed by atoms with Crippen LogP contribution < -0.4 is 16.0 Å². The molecule has 22 heavy (non-hydrogen) atoms. The van der Waals surface area contributed by atoms with Crippen molar-refractivity contribution >= 4 is 29.6 Å². The largest absolute Gasteiger partial charge is 0.340 e. The van der Waals surface area contributed by atoms with E-state index < -0.39 is 11.9 Å². The van der Waals surface area contributed by atoms with Gasteiger partial charge in [0.05, 0.1) is 0 Å². The number of aldehydes is 1. The van der Waals surface area contributed by atoms with Crippen LogP contribution in [0.4, 0.5) is 16.2 Å². The zero-order valence-corrected chi connectivity index (χ0v) is 11.6. The van der Waals surface area contributed by atoms with Crippen LogP contribution in [-0.4, -0.2) is 18.2 Å². The Kier molecular flexibility index (Phi) is 5.25. The zero-order valence-electron chi connectivity index (χ0n) is 11.6. The number of urea groups is 1. The molecular weight excluding hydrogens is 282 g/mol.